The Balaban J connectivity index is 1.77. The van der Waals surface area contributed by atoms with E-state index >= 15 is 0 Å². The van der Waals surface area contributed by atoms with Crippen LogP contribution in [0.1, 0.15) is 62.6 Å². The summed E-state index contributed by atoms with van der Waals surface area (Å²) in [6, 6.07) is 11.0. The maximum Gasteiger partial charge on any atom is 0.0484 e. The second-order valence-electron chi connectivity index (χ2n) is 6.86. The maximum absolute atomic E-state index is 3.82. The molecule has 1 N–H and O–H groups in total. The van der Waals surface area contributed by atoms with Crippen molar-refractivity contribution in [2.75, 3.05) is 13.6 Å². The first-order valence-corrected chi connectivity index (χ1v) is 8.84. The van der Waals surface area contributed by atoms with Crippen molar-refractivity contribution < 1.29 is 0 Å². The van der Waals surface area contributed by atoms with Gasteiger partial charge in [0, 0.05) is 18.1 Å². The summed E-state index contributed by atoms with van der Waals surface area (Å²) in [5, 5.41) is 3.82. The molecule has 2 atom stereocenters. The monoisotopic (exact) mass is 286 g/mol. The lowest BCUT2D eigenvalue weighted by Crippen LogP contribution is -2.46. The van der Waals surface area contributed by atoms with Gasteiger partial charge in [-0.05, 0) is 50.4 Å². The Morgan fingerprint density at radius 1 is 1.14 bits per heavy atom. The fourth-order valence-corrected chi connectivity index (χ4v) is 4.26. The third kappa shape index (κ3) is 3.17. The molecule has 2 nitrogen and oxygen atoms in total. The van der Waals surface area contributed by atoms with E-state index in [9.17, 15) is 0 Å². The molecule has 1 fully saturated rings. The molecule has 1 aromatic rings. The van der Waals surface area contributed by atoms with Gasteiger partial charge in [-0.25, -0.2) is 0 Å². The van der Waals surface area contributed by atoms with Gasteiger partial charge in [0.1, 0.15) is 0 Å². The van der Waals surface area contributed by atoms with Crippen molar-refractivity contribution in [3.63, 3.8) is 0 Å². The van der Waals surface area contributed by atoms with Gasteiger partial charge < -0.3 is 5.32 Å². The van der Waals surface area contributed by atoms with Crippen LogP contribution in [0.5, 0.6) is 0 Å². The Labute approximate surface area is 129 Å². The average Bonchev–Trinajstić information content (AvgIpc) is 2.91. The number of nitrogens with one attached hydrogen (secondary N) is 1. The second kappa shape index (κ2) is 6.93. The first-order chi connectivity index (χ1) is 10.3. The topological polar surface area (TPSA) is 15.3 Å². The molecule has 2 aliphatic carbocycles. The van der Waals surface area contributed by atoms with Crippen LogP contribution in [-0.2, 0) is 6.42 Å². The highest BCUT2D eigenvalue weighted by Crippen LogP contribution is 2.36. The van der Waals surface area contributed by atoms with Crippen LogP contribution >= 0.6 is 0 Å². The molecule has 0 heterocycles. The van der Waals surface area contributed by atoms with Crippen molar-refractivity contribution in [3.05, 3.63) is 35.4 Å². The summed E-state index contributed by atoms with van der Waals surface area (Å²) in [5.41, 5.74) is 3.09. The van der Waals surface area contributed by atoms with Crippen LogP contribution < -0.4 is 5.32 Å². The van der Waals surface area contributed by atoms with Crippen molar-refractivity contribution >= 4 is 0 Å². The fourth-order valence-electron chi connectivity index (χ4n) is 4.26. The molecule has 0 spiro atoms. The van der Waals surface area contributed by atoms with Crippen LogP contribution in [0.4, 0.5) is 0 Å². The summed E-state index contributed by atoms with van der Waals surface area (Å²) in [4.78, 5) is 2.70. The molecule has 1 saturated carbocycles. The second-order valence-corrected chi connectivity index (χ2v) is 6.86. The Morgan fingerprint density at radius 3 is 2.67 bits per heavy atom. The molecule has 21 heavy (non-hydrogen) atoms. The lowest BCUT2D eigenvalue weighted by atomic mass is 9.92. The van der Waals surface area contributed by atoms with Gasteiger partial charge in [0.25, 0.3) is 0 Å². The molecule has 2 aliphatic rings. The first-order valence-electron chi connectivity index (χ1n) is 8.84. The number of benzene rings is 1. The van der Waals surface area contributed by atoms with E-state index in [1.807, 2.05) is 0 Å². The van der Waals surface area contributed by atoms with Gasteiger partial charge in [-0.2, -0.15) is 0 Å². The molecule has 0 aliphatic heterocycles. The Hall–Kier alpha value is -0.860. The summed E-state index contributed by atoms with van der Waals surface area (Å²) in [6.45, 7) is 3.38. The minimum absolute atomic E-state index is 0.521. The van der Waals surface area contributed by atoms with Gasteiger partial charge in [0.15, 0.2) is 0 Å². The van der Waals surface area contributed by atoms with Crippen LogP contribution in [0.25, 0.3) is 0 Å². The van der Waals surface area contributed by atoms with E-state index in [1.165, 1.54) is 44.9 Å². The molecule has 0 bridgehead atoms. The Morgan fingerprint density at radius 2 is 1.90 bits per heavy atom. The van der Waals surface area contributed by atoms with Gasteiger partial charge in [-0.15, -0.1) is 0 Å². The highest BCUT2D eigenvalue weighted by atomic mass is 15.2. The molecule has 0 amide bonds. The Kier molecular flexibility index (Phi) is 4.97. The quantitative estimate of drug-likeness (QED) is 0.882. The number of fused-ring (bicyclic) bond motifs is 1. The average molecular weight is 286 g/mol. The van der Waals surface area contributed by atoms with Crippen LogP contribution in [0.2, 0.25) is 0 Å². The molecular weight excluding hydrogens is 256 g/mol. The molecule has 0 aromatic heterocycles. The number of likely N-dealkylation sites (N-methyl/N-ethyl adjacent to an activating group) is 1. The fraction of sp³-hybridized carbons (Fsp3) is 0.684. The van der Waals surface area contributed by atoms with Crippen LogP contribution in [0, 0.1) is 0 Å². The van der Waals surface area contributed by atoms with Crippen molar-refractivity contribution in [2.24, 2.45) is 0 Å². The van der Waals surface area contributed by atoms with Gasteiger partial charge in [-0.3, -0.25) is 4.90 Å². The number of hydrogen-bond donors (Lipinski definition) is 1. The van der Waals surface area contributed by atoms with Crippen molar-refractivity contribution in [1.82, 2.24) is 10.2 Å². The summed E-state index contributed by atoms with van der Waals surface area (Å²) in [7, 11) is 2.37. The van der Waals surface area contributed by atoms with Crippen molar-refractivity contribution in [1.29, 1.82) is 0 Å². The van der Waals surface area contributed by atoms with Crippen molar-refractivity contribution in [2.45, 2.75) is 70.0 Å². The SMILES string of the molecule is CCCNC1c2ccccc2CC1N(C)C1CCCCC1. The van der Waals surface area contributed by atoms with E-state index in [4.69, 9.17) is 0 Å². The number of hydrogen-bond acceptors (Lipinski definition) is 2. The van der Waals surface area contributed by atoms with E-state index in [2.05, 4.69) is 48.5 Å². The van der Waals surface area contributed by atoms with Crippen LogP contribution in [0.3, 0.4) is 0 Å². The van der Waals surface area contributed by atoms with E-state index in [0.717, 1.165) is 12.6 Å². The summed E-state index contributed by atoms with van der Waals surface area (Å²) in [5.74, 6) is 0. The largest absolute Gasteiger partial charge is 0.309 e. The zero-order valence-corrected chi connectivity index (χ0v) is 13.6. The predicted octanol–water partition coefficient (Wildman–Crippen LogP) is 3.92. The highest BCUT2D eigenvalue weighted by molar-refractivity contribution is 5.37. The molecule has 116 valence electrons. The molecule has 0 saturated heterocycles. The first kappa shape index (κ1) is 15.1. The summed E-state index contributed by atoms with van der Waals surface area (Å²) in [6.07, 6.45) is 9.48. The summed E-state index contributed by atoms with van der Waals surface area (Å²) >= 11 is 0. The highest BCUT2D eigenvalue weighted by Gasteiger charge is 2.36. The molecule has 2 heteroatoms. The lowest BCUT2D eigenvalue weighted by molar-refractivity contribution is 0.117. The minimum Gasteiger partial charge on any atom is -0.309 e. The Bertz CT molecular complexity index is 451. The smallest absolute Gasteiger partial charge is 0.0484 e. The van der Waals surface area contributed by atoms with E-state index in [1.54, 1.807) is 11.1 Å². The zero-order valence-electron chi connectivity index (χ0n) is 13.6. The maximum atomic E-state index is 3.82. The van der Waals surface area contributed by atoms with Gasteiger partial charge in [0.2, 0.25) is 0 Å². The minimum atomic E-state index is 0.521. The van der Waals surface area contributed by atoms with Gasteiger partial charge in [-0.1, -0.05) is 50.5 Å². The molecule has 3 rings (SSSR count). The molecule has 0 radical (unpaired) electrons. The lowest BCUT2D eigenvalue weighted by Gasteiger charge is -2.38. The zero-order chi connectivity index (χ0) is 14.7. The predicted molar refractivity (Wildman–Crippen MR) is 89.6 cm³/mol. The van der Waals surface area contributed by atoms with Crippen molar-refractivity contribution in [3.8, 4) is 0 Å². The normalized spacial score (nSPS) is 26.2. The number of nitrogens with zero attached hydrogens (tertiary/aromatic N) is 1. The molecule has 2 unspecified atom stereocenters. The third-order valence-corrected chi connectivity index (χ3v) is 5.49. The van der Waals surface area contributed by atoms with Gasteiger partial charge >= 0.3 is 0 Å². The number of rotatable bonds is 5. The van der Waals surface area contributed by atoms with Gasteiger partial charge in [0.05, 0.1) is 0 Å². The standard InChI is InChI=1S/C19H30N2/c1-3-13-20-19-17-12-8-7-9-15(17)14-18(19)21(2)16-10-5-4-6-11-16/h7-9,12,16,18-20H,3-6,10-11,13-14H2,1-2H3. The van der Waals surface area contributed by atoms with E-state index in [0.29, 0.717) is 12.1 Å². The van der Waals surface area contributed by atoms with E-state index < -0.39 is 0 Å². The summed E-state index contributed by atoms with van der Waals surface area (Å²) < 4.78 is 0. The van der Waals surface area contributed by atoms with Crippen LogP contribution in [-0.4, -0.2) is 30.6 Å². The van der Waals surface area contributed by atoms with E-state index in [-0.39, 0.29) is 0 Å². The molecular formula is C19H30N2. The third-order valence-electron chi connectivity index (χ3n) is 5.49. The van der Waals surface area contributed by atoms with Crippen LogP contribution in [0.15, 0.2) is 24.3 Å². The molecule has 1 aromatic carbocycles.